The van der Waals surface area contributed by atoms with Gasteiger partial charge in [0.15, 0.2) is 4.80 Å². The van der Waals surface area contributed by atoms with Gasteiger partial charge in [0, 0.05) is 16.7 Å². The molecule has 5 rings (SSSR count). The molecule has 2 aromatic carbocycles. The highest BCUT2D eigenvalue weighted by molar-refractivity contribution is 7.07. The largest absolute Gasteiger partial charge is 0.463 e. The number of fused-ring (bicyclic) bond motifs is 1. The molecule has 6 nitrogen and oxygen atoms in total. The Hall–Kier alpha value is -3.68. The van der Waals surface area contributed by atoms with Gasteiger partial charge in [-0.25, -0.2) is 9.79 Å². The van der Waals surface area contributed by atoms with Gasteiger partial charge >= 0.3 is 5.97 Å². The number of thiazole rings is 1. The maximum Gasteiger partial charge on any atom is 0.338 e. The van der Waals surface area contributed by atoms with Crippen LogP contribution >= 0.6 is 22.9 Å². The van der Waals surface area contributed by atoms with Crippen LogP contribution in [0.25, 0.3) is 17.4 Å². The Balaban J connectivity index is 1.62. The SMILES string of the molecule is CCOC(=O)C1=C(C)N=c2s/c(=C\c3ccc(-c4ccc(Cl)cc4)o3)c(=O)n2C1c1ccc(C(C)C)cc1. The maximum absolute atomic E-state index is 13.8. The molecule has 1 aliphatic rings. The van der Waals surface area contributed by atoms with E-state index in [9.17, 15) is 9.59 Å². The summed E-state index contributed by atoms with van der Waals surface area (Å²) in [5.41, 5.74) is 3.54. The van der Waals surface area contributed by atoms with E-state index in [1.807, 2.05) is 48.5 Å². The van der Waals surface area contributed by atoms with Crippen molar-refractivity contribution in [3.8, 4) is 11.3 Å². The summed E-state index contributed by atoms with van der Waals surface area (Å²) in [6.07, 6.45) is 1.71. The third-order valence-corrected chi connectivity index (χ3v) is 7.70. The Morgan fingerprint density at radius 2 is 1.84 bits per heavy atom. The molecule has 0 fully saturated rings. The molecule has 8 heteroatoms. The molecule has 194 valence electrons. The zero-order chi connectivity index (χ0) is 27.0. The minimum atomic E-state index is -0.644. The van der Waals surface area contributed by atoms with Crippen LogP contribution in [0, 0.1) is 0 Å². The van der Waals surface area contributed by atoms with Gasteiger partial charge in [0.25, 0.3) is 5.56 Å². The van der Waals surface area contributed by atoms with E-state index in [4.69, 9.17) is 20.8 Å². The van der Waals surface area contributed by atoms with Gasteiger partial charge in [0.05, 0.1) is 28.5 Å². The van der Waals surface area contributed by atoms with E-state index in [1.54, 1.807) is 36.6 Å². The van der Waals surface area contributed by atoms with Crippen LogP contribution < -0.4 is 14.9 Å². The van der Waals surface area contributed by atoms with Crippen molar-refractivity contribution in [3.63, 3.8) is 0 Å². The van der Waals surface area contributed by atoms with Crippen molar-refractivity contribution in [2.75, 3.05) is 6.61 Å². The Morgan fingerprint density at radius 1 is 1.13 bits per heavy atom. The molecule has 0 bridgehead atoms. The van der Waals surface area contributed by atoms with Gasteiger partial charge in [-0.15, -0.1) is 0 Å². The van der Waals surface area contributed by atoms with Crippen molar-refractivity contribution < 1.29 is 13.9 Å². The molecular formula is C30H27ClN2O4S. The number of esters is 1. The van der Waals surface area contributed by atoms with E-state index in [1.165, 1.54) is 16.9 Å². The number of ether oxygens (including phenoxy) is 1. The second-order valence-corrected chi connectivity index (χ2v) is 10.8. The van der Waals surface area contributed by atoms with Gasteiger partial charge in [-0.3, -0.25) is 9.36 Å². The molecule has 0 saturated carbocycles. The number of benzene rings is 2. The number of nitrogens with zero attached hydrogens (tertiary/aromatic N) is 2. The van der Waals surface area contributed by atoms with E-state index in [0.717, 1.165) is 11.1 Å². The van der Waals surface area contributed by atoms with E-state index < -0.39 is 12.0 Å². The Labute approximate surface area is 229 Å². The molecule has 0 amide bonds. The zero-order valence-corrected chi connectivity index (χ0v) is 23.1. The first kappa shape index (κ1) is 25.9. The maximum atomic E-state index is 13.8. The molecule has 0 aliphatic carbocycles. The molecular weight excluding hydrogens is 520 g/mol. The number of aromatic nitrogens is 1. The van der Waals surface area contributed by atoms with Gasteiger partial charge in [0.2, 0.25) is 0 Å². The van der Waals surface area contributed by atoms with Crippen molar-refractivity contribution >= 4 is 35.0 Å². The lowest BCUT2D eigenvalue weighted by atomic mass is 9.93. The molecule has 1 aliphatic heterocycles. The van der Waals surface area contributed by atoms with Crippen LogP contribution in [0.3, 0.4) is 0 Å². The minimum absolute atomic E-state index is 0.230. The van der Waals surface area contributed by atoms with Gasteiger partial charge in [-0.05, 0) is 67.3 Å². The number of carbonyl (C=O) groups is 1. The molecule has 1 atom stereocenters. The predicted molar refractivity (Wildman–Crippen MR) is 150 cm³/mol. The van der Waals surface area contributed by atoms with E-state index in [2.05, 4.69) is 18.8 Å². The van der Waals surface area contributed by atoms with Gasteiger partial charge in [-0.2, -0.15) is 0 Å². The molecule has 2 aromatic heterocycles. The highest BCUT2D eigenvalue weighted by Crippen LogP contribution is 2.31. The standard InChI is InChI=1S/C30H27ClN2O4S/c1-5-36-29(35)26-18(4)32-30-33(27(26)21-8-6-19(7-9-21)17(2)3)28(34)25(38-30)16-23-14-15-24(37-23)20-10-12-22(31)13-11-20/h6-17,27H,5H2,1-4H3/b25-16-. The molecule has 4 aromatic rings. The summed E-state index contributed by atoms with van der Waals surface area (Å²) in [5.74, 6) is 1.10. The average molecular weight is 547 g/mol. The van der Waals surface area contributed by atoms with Crippen LogP contribution in [-0.4, -0.2) is 17.1 Å². The molecule has 0 saturated heterocycles. The van der Waals surface area contributed by atoms with E-state index >= 15 is 0 Å². The fraction of sp³-hybridized carbons (Fsp3) is 0.233. The number of hydrogen-bond donors (Lipinski definition) is 0. The third kappa shape index (κ3) is 4.91. The smallest absolute Gasteiger partial charge is 0.338 e. The number of rotatable bonds is 6. The van der Waals surface area contributed by atoms with Crippen LogP contribution in [0.2, 0.25) is 5.02 Å². The van der Waals surface area contributed by atoms with Gasteiger partial charge in [0.1, 0.15) is 11.5 Å². The fourth-order valence-corrected chi connectivity index (χ4v) is 5.65. The van der Waals surface area contributed by atoms with Crippen molar-refractivity contribution in [2.24, 2.45) is 4.99 Å². The van der Waals surface area contributed by atoms with E-state index in [0.29, 0.717) is 43.1 Å². The summed E-state index contributed by atoms with van der Waals surface area (Å²) in [6, 6.07) is 18.4. The van der Waals surface area contributed by atoms with E-state index in [-0.39, 0.29) is 12.2 Å². The fourth-order valence-electron chi connectivity index (χ4n) is 4.50. The lowest BCUT2D eigenvalue weighted by Crippen LogP contribution is -2.39. The monoisotopic (exact) mass is 546 g/mol. The summed E-state index contributed by atoms with van der Waals surface area (Å²) >= 11 is 7.27. The van der Waals surface area contributed by atoms with Crippen LogP contribution in [-0.2, 0) is 9.53 Å². The topological polar surface area (TPSA) is 73.8 Å². The molecule has 0 N–H and O–H groups in total. The van der Waals surface area contributed by atoms with Crippen LogP contribution in [0.15, 0.2) is 86.1 Å². The zero-order valence-electron chi connectivity index (χ0n) is 21.5. The van der Waals surface area contributed by atoms with Crippen molar-refractivity contribution in [3.05, 3.63) is 114 Å². The second-order valence-electron chi connectivity index (χ2n) is 9.33. The molecule has 3 heterocycles. The first-order valence-corrected chi connectivity index (χ1v) is 13.6. The average Bonchev–Trinajstić information content (AvgIpc) is 3.48. The first-order chi connectivity index (χ1) is 18.3. The minimum Gasteiger partial charge on any atom is -0.463 e. The van der Waals surface area contributed by atoms with Crippen molar-refractivity contribution in [1.29, 1.82) is 0 Å². The third-order valence-electron chi connectivity index (χ3n) is 6.46. The van der Waals surface area contributed by atoms with Gasteiger partial charge < -0.3 is 9.15 Å². The second kappa shape index (κ2) is 10.6. The Bertz CT molecular complexity index is 1710. The van der Waals surface area contributed by atoms with Crippen molar-refractivity contribution in [1.82, 2.24) is 4.57 Å². The highest BCUT2D eigenvalue weighted by Gasteiger charge is 2.33. The summed E-state index contributed by atoms with van der Waals surface area (Å²) in [5, 5.41) is 0.646. The van der Waals surface area contributed by atoms with Crippen LogP contribution in [0.4, 0.5) is 0 Å². The molecule has 1 unspecified atom stereocenters. The number of carbonyl (C=O) groups excluding carboxylic acids is 1. The van der Waals surface area contributed by atoms with Crippen LogP contribution in [0.1, 0.15) is 56.5 Å². The molecule has 38 heavy (non-hydrogen) atoms. The number of allylic oxidation sites excluding steroid dienone is 1. The summed E-state index contributed by atoms with van der Waals surface area (Å²) in [6.45, 7) is 8.02. The number of hydrogen-bond acceptors (Lipinski definition) is 6. The number of halogens is 1. The van der Waals surface area contributed by atoms with Crippen molar-refractivity contribution in [2.45, 2.75) is 39.7 Å². The summed E-state index contributed by atoms with van der Waals surface area (Å²) in [7, 11) is 0. The molecule has 0 spiro atoms. The Kier molecular flexibility index (Phi) is 7.23. The first-order valence-electron chi connectivity index (χ1n) is 12.4. The Morgan fingerprint density at radius 3 is 2.50 bits per heavy atom. The lowest BCUT2D eigenvalue weighted by molar-refractivity contribution is -0.139. The summed E-state index contributed by atoms with van der Waals surface area (Å²) < 4.78 is 13.4. The normalized spacial score (nSPS) is 15.5. The van der Waals surface area contributed by atoms with Crippen LogP contribution in [0.5, 0.6) is 0 Å². The summed E-state index contributed by atoms with van der Waals surface area (Å²) in [4.78, 5) is 32.0. The highest BCUT2D eigenvalue weighted by atomic mass is 35.5. The predicted octanol–water partition coefficient (Wildman–Crippen LogP) is 5.84. The number of furan rings is 1. The molecule has 0 radical (unpaired) electrons. The lowest BCUT2D eigenvalue weighted by Gasteiger charge is -2.25. The van der Waals surface area contributed by atoms with Gasteiger partial charge in [-0.1, -0.05) is 61.1 Å². The quantitative estimate of drug-likeness (QED) is 0.285.